The molecule has 0 fully saturated rings. The second-order valence-corrected chi connectivity index (χ2v) is 9.40. The molecule has 184 valence electrons. The molecule has 0 unspecified atom stereocenters. The Labute approximate surface area is 217 Å². The van der Waals surface area contributed by atoms with Gasteiger partial charge in [0.2, 0.25) is 0 Å². The molecule has 2 aliphatic carbocycles. The molecule has 4 aromatic carbocycles. The Morgan fingerprint density at radius 2 is 0.842 bits per heavy atom. The van der Waals surface area contributed by atoms with Crippen molar-refractivity contribution in [2.24, 2.45) is 0 Å². The Bertz CT molecular complexity index is 1570. The smallest absolute Gasteiger partial charge is 0.193 e. The summed E-state index contributed by atoms with van der Waals surface area (Å²) in [7, 11) is 0. The van der Waals surface area contributed by atoms with E-state index in [4.69, 9.17) is 0 Å². The molecule has 2 aliphatic rings. The van der Waals surface area contributed by atoms with Gasteiger partial charge in [0.15, 0.2) is 11.6 Å². The van der Waals surface area contributed by atoms with E-state index in [0.29, 0.717) is 23.7 Å². The van der Waals surface area contributed by atoms with Crippen LogP contribution in [0.15, 0.2) is 108 Å². The van der Waals surface area contributed by atoms with Crippen LogP contribution in [0.1, 0.15) is 63.7 Å². The number of ketones is 2. The van der Waals surface area contributed by atoms with Crippen LogP contribution in [-0.2, 0) is 11.2 Å². The first-order valence-corrected chi connectivity index (χ1v) is 12.0. The molecular formula is C32H20O6. The zero-order valence-corrected chi connectivity index (χ0v) is 19.9. The van der Waals surface area contributed by atoms with Crippen LogP contribution < -0.4 is 0 Å². The first kappa shape index (κ1) is 23.6. The SMILES string of the molecule is O=Cc1ccc([C@]2(O)/C(=C3/C(=O)c4ccccc4[C@@]3(O)c3ccc(C=O)cc3)C(=O)c3ccccc32)cc1. The maximum Gasteiger partial charge on any atom is 0.193 e. The highest BCUT2D eigenvalue weighted by atomic mass is 16.3. The summed E-state index contributed by atoms with van der Waals surface area (Å²) < 4.78 is 0. The van der Waals surface area contributed by atoms with Gasteiger partial charge in [-0.1, -0.05) is 97.1 Å². The lowest BCUT2D eigenvalue weighted by molar-refractivity contribution is 0.0803. The first-order valence-electron chi connectivity index (χ1n) is 12.0. The number of carbonyl (C=O) groups is 4. The number of Topliss-reactive ketones (excluding diaryl/α,β-unsaturated/α-hetero) is 2. The number of carbonyl (C=O) groups excluding carboxylic acids is 4. The molecule has 6 rings (SSSR count). The number of fused-ring (bicyclic) bond motifs is 2. The Hall–Kier alpha value is -4.78. The molecule has 0 radical (unpaired) electrons. The Balaban J connectivity index is 1.73. The van der Waals surface area contributed by atoms with Gasteiger partial charge in [-0.05, 0) is 11.1 Å². The molecule has 0 saturated carbocycles. The van der Waals surface area contributed by atoms with Gasteiger partial charge in [0, 0.05) is 33.4 Å². The second-order valence-electron chi connectivity index (χ2n) is 9.40. The lowest BCUT2D eigenvalue weighted by Crippen LogP contribution is -2.36. The van der Waals surface area contributed by atoms with Crippen LogP contribution in [0.4, 0.5) is 0 Å². The maximum atomic E-state index is 14.0. The molecule has 0 spiro atoms. The topological polar surface area (TPSA) is 109 Å². The Morgan fingerprint density at radius 3 is 1.18 bits per heavy atom. The summed E-state index contributed by atoms with van der Waals surface area (Å²) in [5, 5.41) is 24.9. The predicted octanol–water partition coefficient (Wildman–Crippen LogP) is 4.17. The summed E-state index contributed by atoms with van der Waals surface area (Å²) in [5.74, 6) is -1.16. The Kier molecular flexibility index (Phi) is 5.21. The first-order chi connectivity index (χ1) is 18.3. The largest absolute Gasteiger partial charge is 0.376 e. The van der Waals surface area contributed by atoms with E-state index in [9.17, 15) is 29.4 Å². The molecule has 4 aromatic rings. The van der Waals surface area contributed by atoms with E-state index in [1.54, 1.807) is 48.5 Å². The van der Waals surface area contributed by atoms with Crippen LogP contribution in [0, 0.1) is 0 Å². The summed E-state index contributed by atoms with van der Waals surface area (Å²) in [6.45, 7) is 0. The van der Waals surface area contributed by atoms with E-state index in [1.165, 1.54) is 48.5 Å². The fourth-order valence-corrected chi connectivity index (χ4v) is 5.65. The number of hydrogen-bond acceptors (Lipinski definition) is 6. The van der Waals surface area contributed by atoms with E-state index in [1.807, 2.05) is 0 Å². The quantitative estimate of drug-likeness (QED) is 0.322. The number of aldehydes is 2. The van der Waals surface area contributed by atoms with Gasteiger partial charge in [0.25, 0.3) is 0 Å². The van der Waals surface area contributed by atoms with E-state index in [0.717, 1.165) is 0 Å². The summed E-state index contributed by atoms with van der Waals surface area (Å²) in [6, 6.07) is 25.2. The molecule has 0 bridgehead atoms. The van der Waals surface area contributed by atoms with Crippen molar-refractivity contribution in [2.45, 2.75) is 11.2 Å². The van der Waals surface area contributed by atoms with Crippen LogP contribution in [0.2, 0.25) is 0 Å². The lowest BCUT2D eigenvalue weighted by Gasteiger charge is -2.32. The van der Waals surface area contributed by atoms with Crippen LogP contribution in [0.25, 0.3) is 0 Å². The van der Waals surface area contributed by atoms with Gasteiger partial charge in [-0.3, -0.25) is 19.2 Å². The molecule has 0 saturated heterocycles. The zero-order valence-electron chi connectivity index (χ0n) is 19.9. The third-order valence-corrected chi connectivity index (χ3v) is 7.48. The number of hydrogen-bond donors (Lipinski definition) is 2. The van der Waals surface area contributed by atoms with Crippen LogP contribution in [-0.4, -0.2) is 34.4 Å². The summed E-state index contributed by atoms with van der Waals surface area (Å²) in [6.07, 6.45) is 1.33. The summed E-state index contributed by atoms with van der Waals surface area (Å²) in [5.41, 5.74) is -2.42. The van der Waals surface area contributed by atoms with Crippen molar-refractivity contribution in [3.8, 4) is 0 Å². The second kappa shape index (κ2) is 8.38. The highest BCUT2D eigenvalue weighted by Crippen LogP contribution is 2.54. The van der Waals surface area contributed by atoms with Gasteiger partial charge >= 0.3 is 0 Å². The molecular weight excluding hydrogens is 480 g/mol. The summed E-state index contributed by atoms with van der Waals surface area (Å²) in [4.78, 5) is 50.6. The molecule has 2 N–H and O–H groups in total. The molecule has 38 heavy (non-hydrogen) atoms. The fraction of sp³-hybridized carbons (Fsp3) is 0.0625. The minimum atomic E-state index is -2.08. The third-order valence-electron chi connectivity index (χ3n) is 7.48. The van der Waals surface area contributed by atoms with Gasteiger partial charge in [-0.25, -0.2) is 0 Å². The van der Waals surface area contributed by atoms with Gasteiger partial charge in [0.05, 0.1) is 11.1 Å². The van der Waals surface area contributed by atoms with Crippen molar-refractivity contribution in [1.82, 2.24) is 0 Å². The molecule has 6 heteroatoms. The van der Waals surface area contributed by atoms with Crippen molar-refractivity contribution in [1.29, 1.82) is 0 Å². The number of rotatable bonds is 4. The average molecular weight is 501 g/mol. The molecule has 2 atom stereocenters. The minimum absolute atomic E-state index is 0.208. The average Bonchev–Trinajstić information content (AvgIpc) is 3.33. The maximum absolute atomic E-state index is 14.0. The van der Waals surface area contributed by atoms with Crippen LogP contribution in [0.3, 0.4) is 0 Å². The molecule has 0 aliphatic heterocycles. The monoisotopic (exact) mass is 500 g/mol. The highest BCUT2D eigenvalue weighted by Gasteiger charge is 2.57. The normalized spacial score (nSPS) is 23.7. The van der Waals surface area contributed by atoms with Gasteiger partial charge in [0.1, 0.15) is 23.8 Å². The van der Waals surface area contributed by atoms with E-state index < -0.39 is 22.8 Å². The van der Waals surface area contributed by atoms with Crippen LogP contribution >= 0.6 is 0 Å². The predicted molar refractivity (Wildman–Crippen MR) is 138 cm³/mol. The van der Waals surface area contributed by atoms with E-state index >= 15 is 0 Å². The van der Waals surface area contributed by atoms with Crippen molar-refractivity contribution in [3.63, 3.8) is 0 Å². The number of benzene rings is 4. The Morgan fingerprint density at radius 1 is 0.500 bits per heavy atom. The van der Waals surface area contributed by atoms with Crippen molar-refractivity contribution in [2.75, 3.05) is 0 Å². The lowest BCUT2D eigenvalue weighted by atomic mass is 9.76. The minimum Gasteiger partial charge on any atom is -0.376 e. The van der Waals surface area contributed by atoms with Gasteiger partial charge in [-0.15, -0.1) is 0 Å². The van der Waals surface area contributed by atoms with Gasteiger partial charge < -0.3 is 10.2 Å². The standard InChI is InChI=1S/C32H20O6/c33-17-19-9-13-21(14-10-19)31(37)25-7-3-1-5-23(25)29(35)27(31)28-30(36)24-6-2-4-8-26(24)32(28,38)22-15-11-20(18-34)12-16-22/h1-18,37-38H/b28-27-/t31-,32+. The van der Waals surface area contributed by atoms with Crippen molar-refractivity contribution >= 4 is 24.1 Å². The molecule has 0 heterocycles. The highest BCUT2D eigenvalue weighted by molar-refractivity contribution is 6.25. The van der Waals surface area contributed by atoms with Crippen molar-refractivity contribution in [3.05, 3.63) is 153 Å². The molecule has 6 nitrogen and oxygen atoms in total. The fourth-order valence-electron chi connectivity index (χ4n) is 5.65. The van der Waals surface area contributed by atoms with E-state index in [2.05, 4.69) is 0 Å². The van der Waals surface area contributed by atoms with Crippen molar-refractivity contribution < 1.29 is 29.4 Å². The number of aliphatic hydroxyl groups is 2. The van der Waals surface area contributed by atoms with Crippen LogP contribution in [0.5, 0.6) is 0 Å². The zero-order chi connectivity index (χ0) is 26.7. The van der Waals surface area contributed by atoms with E-state index in [-0.39, 0.29) is 44.5 Å². The summed E-state index contributed by atoms with van der Waals surface area (Å²) >= 11 is 0. The molecule has 0 aromatic heterocycles. The molecule has 0 amide bonds. The third kappa shape index (κ3) is 3.02. The van der Waals surface area contributed by atoms with Gasteiger partial charge in [-0.2, -0.15) is 0 Å².